The van der Waals surface area contributed by atoms with Crippen LogP contribution in [-0.4, -0.2) is 27.7 Å². The highest BCUT2D eigenvalue weighted by atomic mass is 16.2. The Labute approximate surface area is 152 Å². The molecule has 0 spiro atoms. The van der Waals surface area contributed by atoms with Crippen molar-refractivity contribution in [2.45, 2.75) is 19.9 Å². The average molecular weight is 345 g/mol. The zero-order chi connectivity index (χ0) is 18.7. The summed E-state index contributed by atoms with van der Waals surface area (Å²) in [6, 6.07) is 14.7. The molecular weight excluding hydrogens is 326 g/mol. The first-order valence-electron chi connectivity index (χ1n) is 8.29. The Bertz CT molecular complexity index is 949. The van der Waals surface area contributed by atoms with Crippen LogP contribution in [0.25, 0.3) is 11.3 Å². The number of nitrogens with zero attached hydrogens (tertiary/aromatic N) is 5. The second-order valence-corrected chi connectivity index (χ2v) is 6.23. The molecule has 6 heteroatoms. The van der Waals surface area contributed by atoms with Gasteiger partial charge in [0, 0.05) is 36.7 Å². The molecule has 1 amide bonds. The van der Waals surface area contributed by atoms with Crippen LogP contribution in [0.15, 0.2) is 54.9 Å². The third kappa shape index (κ3) is 3.47. The topological polar surface area (TPSA) is 74.8 Å². The lowest BCUT2D eigenvalue weighted by Gasteiger charge is -2.17. The van der Waals surface area contributed by atoms with Gasteiger partial charge in [-0.05, 0) is 56.3 Å². The highest BCUT2D eigenvalue weighted by molar-refractivity contribution is 6.04. The normalized spacial score (nSPS) is 10.6. The van der Waals surface area contributed by atoms with Crippen LogP contribution in [0.1, 0.15) is 35.9 Å². The standard InChI is InChI=1S/C20H19N5O/c1-14(2)25-11-10-18(23-25)16-6-9-19(22-13-16)20(26)24(3)17-7-4-15(12-21)5-8-17/h4-11,13-14H,1-3H3. The van der Waals surface area contributed by atoms with E-state index in [2.05, 4.69) is 30.0 Å². The minimum absolute atomic E-state index is 0.214. The average Bonchev–Trinajstić information content (AvgIpc) is 3.17. The molecule has 0 aliphatic heterocycles. The monoisotopic (exact) mass is 345 g/mol. The van der Waals surface area contributed by atoms with Crippen molar-refractivity contribution in [2.75, 3.05) is 11.9 Å². The number of anilines is 1. The molecule has 0 atom stereocenters. The van der Waals surface area contributed by atoms with Gasteiger partial charge in [-0.2, -0.15) is 10.4 Å². The Morgan fingerprint density at radius 2 is 1.88 bits per heavy atom. The molecule has 3 rings (SSSR count). The van der Waals surface area contributed by atoms with E-state index in [1.807, 2.05) is 23.0 Å². The number of amides is 1. The Balaban J connectivity index is 1.78. The number of carbonyl (C=O) groups excluding carboxylic acids is 1. The molecule has 26 heavy (non-hydrogen) atoms. The summed E-state index contributed by atoms with van der Waals surface area (Å²) in [6.45, 7) is 4.13. The van der Waals surface area contributed by atoms with E-state index in [1.54, 1.807) is 43.6 Å². The fourth-order valence-corrected chi connectivity index (χ4v) is 2.50. The van der Waals surface area contributed by atoms with E-state index in [0.717, 1.165) is 11.3 Å². The van der Waals surface area contributed by atoms with Crippen molar-refractivity contribution in [3.8, 4) is 17.3 Å². The van der Waals surface area contributed by atoms with Crippen molar-refractivity contribution in [3.63, 3.8) is 0 Å². The molecule has 3 aromatic rings. The molecule has 0 saturated heterocycles. The number of nitriles is 1. The third-order valence-electron chi connectivity index (χ3n) is 4.10. The minimum Gasteiger partial charge on any atom is -0.310 e. The van der Waals surface area contributed by atoms with Crippen molar-refractivity contribution in [1.29, 1.82) is 5.26 Å². The van der Waals surface area contributed by atoms with E-state index in [4.69, 9.17) is 5.26 Å². The van der Waals surface area contributed by atoms with E-state index in [0.29, 0.717) is 23.0 Å². The zero-order valence-electron chi connectivity index (χ0n) is 14.9. The molecule has 0 N–H and O–H groups in total. The van der Waals surface area contributed by atoms with Gasteiger partial charge in [0.1, 0.15) is 5.69 Å². The van der Waals surface area contributed by atoms with Crippen LogP contribution < -0.4 is 4.90 Å². The van der Waals surface area contributed by atoms with Crippen molar-refractivity contribution in [2.24, 2.45) is 0 Å². The lowest BCUT2D eigenvalue weighted by atomic mass is 10.2. The number of carbonyl (C=O) groups is 1. The maximum Gasteiger partial charge on any atom is 0.276 e. The van der Waals surface area contributed by atoms with Gasteiger partial charge in [-0.25, -0.2) is 0 Å². The Morgan fingerprint density at radius 3 is 2.42 bits per heavy atom. The second kappa shape index (κ2) is 7.19. The van der Waals surface area contributed by atoms with Gasteiger partial charge >= 0.3 is 0 Å². The van der Waals surface area contributed by atoms with E-state index < -0.39 is 0 Å². The predicted molar refractivity (Wildman–Crippen MR) is 99.7 cm³/mol. The van der Waals surface area contributed by atoms with Crippen LogP contribution in [0.4, 0.5) is 5.69 Å². The number of rotatable bonds is 4. The molecule has 0 unspecified atom stereocenters. The molecule has 0 radical (unpaired) electrons. The van der Waals surface area contributed by atoms with Crippen LogP contribution in [0, 0.1) is 11.3 Å². The zero-order valence-corrected chi connectivity index (χ0v) is 14.9. The van der Waals surface area contributed by atoms with Gasteiger partial charge in [0.15, 0.2) is 0 Å². The summed E-state index contributed by atoms with van der Waals surface area (Å²) >= 11 is 0. The van der Waals surface area contributed by atoms with Crippen LogP contribution in [0.5, 0.6) is 0 Å². The van der Waals surface area contributed by atoms with E-state index in [-0.39, 0.29) is 5.91 Å². The van der Waals surface area contributed by atoms with E-state index in [1.165, 1.54) is 4.90 Å². The van der Waals surface area contributed by atoms with E-state index in [9.17, 15) is 4.79 Å². The smallest absolute Gasteiger partial charge is 0.276 e. The van der Waals surface area contributed by atoms with Gasteiger partial charge in [-0.3, -0.25) is 14.5 Å². The molecule has 2 aromatic heterocycles. The first kappa shape index (κ1) is 17.4. The maximum absolute atomic E-state index is 12.6. The minimum atomic E-state index is -0.214. The summed E-state index contributed by atoms with van der Waals surface area (Å²) in [4.78, 5) is 18.4. The van der Waals surface area contributed by atoms with Gasteiger partial charge in [0.2, 0.25) is 0 Å². The van der Waals surface area contributed by atoms with Crippen LogP contribution >= 0.6 is 0 Å². The fraction of sp³-hybridized carbons (Fsp3) is 0.200. The molecule has 0 saturated carbocycles. The second-order valence-electron chi connectivity index (χ2n) is 6.23. The molecule has 0 aliphatic rings. The van der Waals surface area contributed by atoms with Crippen LogP contribution in [0.2, 0.25) is 0 Å². The van der Waals surface area contributed by atoms with Crippen LogP contribution in [-0.2, 0) is 0 Å². The van der Waals surface area contributed by atoms with Gasteiger partial charge < -0.3 is 4.90 Å². The molecule has 0 aliphatic carbocycles. The highest BCUT2D eigenvalue weighted by Gasteiger charge is 2.15. The fourth-order valence-electron chi connectivity index (χ4n) is 2.50. The molecule has 2 heterocycles. The summed E-state index contributed by atoms with van der Waals surface area (Å²) in [5.74, 6) is -0.214. The van der Waals surface area contributed by atoms with Crippen LogP contribution in [0.3, 0.4) is 0 Å². The lowest BCUT2D eigenvalue weighted by molar-refractivity contribution is 0.0988. The molecule has 0 bridgehead atoms. The lowest BCUT2D eigenvalue weighted by Crippen LogP contribution is -2.26. The summed E-state index contributed by atoms with van der Waals surface area (Å²) < 4.78 is 1.88. The summed E-state index contributed by atoms with van der Waals surface area (Å²) in [7, 11) is 1.68. The van der Waals surface area contributed by atoms with Crippen molar-refractivity contribution >= 4 is 11.6 Å². The summed E-state index contributed by atoms with van der Waals surface area (Å²) in [5.41, 5.74) is 3.30. The molecular formula is C20H19N5O. The molecule has 6 nitrogen and oxygen atoms in total. The van der Waals surface area contributed by atoms with Crippen molar-refractivity contribution in [1.82, 2.24) is 14.8 Å². The Hall–Kier alpha value is -3.46. The Kier molecular flexibility index (Phi) is 4.81. The quantitative estimate of drug-likeness (QED) is 0.723. The summed E-state index contributed by atoms with van der Waals surface area (Å²) in [5, 5.41) is 13.4. The number of hydrogen-bond acceptors (Lipinski definition) is 4. The SMILES string of the molecule is CC(C)n1ccc(-c2ccc(C(=O)N(C)c3ccc(C#N)cc3)nc2)n1. The summed E-state index contributed by atoms with van der Waals surface area (Å²) in [6.07, 6.45) is 3.59. The number of hydrogen-bond donors (Lipinski definition) is 0. The largest absolute Gasteiger partial charge is 0.310 e. The van der Waals surface area contributed by atoms with Crippen molar-refractivity contribution < 1.29 is 4.79 Å². The van der Waals surface area contributed by atoms with Crippen molar-refractivity contribution in [3.05, 3.63) is 66.1 Å². The first-order chi connectivity index (χ1) is 12.5. The number of pyridine rings is 1. The molecule has 0 fully saturated rings. The van der Waals surface area contributed by atoms with Gasteiger partial charge in [0.25, 0.3) is 5.91 Å². The van der Waals surface area contributed by atoms with Gasteiger partial charge in [0.05, 0.1) is 17.3 Å². The van der Waals surface area contributed by atoms with Gasteiger partial charge in [-0.15, -0.1) is 0 Å². The highest BCUT2D eigenvalue weighted by Crippen LogP contribution is 2.19. The number of aromatic nitrogens is 3. The maximum atomic E-state index is 12.6. The van der Waals surface area contributed by atoms with E-state index >= 15 is 0 Å². The Morgan fingerprint density at radius 1 is 1.15 bits per heavy atom. The molecule has 1 aromatic carbocycles. The third-order valence-corrected chi connectivity index (χ3v) is 4.10. The van der Waals surface area contributed by atoms with Gasteiger partial charge in [-0.1, -0.05) is 0 Å². The molecule has 130 valence electrons. The first-order valence-corrected chi connectivity index (χ1v) is 8.29. The number of benzene rings is 1. The predicted octanol–water partition coefficient (Wildman–Crippen LogP) is 3.67.